The van der Waals surface area contributed by atoms with Gasteiger partial charge in [-0.25, -0.2) is 4.79 Å². The van der Waals surface area contributed by atoms with Crippen LogP contribution in [-0.4, -0.2) is 5.11 Å². The Morgan fingerprint density at radius 3 is 2.36 bits per heavy atom. The standard InChI is InChI=1S/C19H24O3/c1-4-10-15-16(6-3)22-19(21)17(18(15)20)14(5-2)13-11-8-7-9-12-13/h7-9,11-12,14,20H,4-6,10H2,1-3H3. The van der Waals surface area contributed by atoms with Gasteiger partial charge in [-0.1, -0.05) is 57.5 Å². The highest BCUT2D eigenvalue weighted by atomic mass is 16.4. The molecule has 1 N–H and O–H groups in total. The number of benzene rings is 1. The summed E-state index contributed by atoms with van der Waals surface area (Å²) in [5.41, 5.74) is 1.80. The van der Waals surface area contributed by atoms with Gasteiger partial charge in [0.1, 0.15) is 11.5 Å². The summed E-state index contributed by atoms with van der Waals surface area (Å²) in [6.07, 6.45) is 2.97. The quantitative estimate of drug-likeness (QED) is 0.860. The Balaban J connectivity index is 2.63. The van der Waals surface area contributed by atoms with Gasteiger partial charge in [0.25, 0.3) is 0 Å². The summed E-state index contributed by atoms with van der Waals surface area (Å²) < 4.78 is 5.51. The molecule has 0 spiro atoms. The molecule has 22 heavy (non-hydrogen) atoms. The summed E-state index contributed by atoms with van der Waals surface area (Å²) in [5.74, 6) is 0.598. The lowest BCUT2D eigenvalue weighted by Gasteiger charge is -2.19. The lowest BCUT2D eigenvalue weighted by atomic mass is 9.88. The number of rotatable bonds is 6. The van der Waals surface area contributed by atoms with E-state index < -0.39 is 5.63 Å². The van der Waals surface area contributed by atoms with E-state index in [4.69, 9.17) is 4.42 Å². The molecule has 0 saturated heterocycles. The summed E-state index contributed by atoms with van der Waals surface area (Å²) in [6.45, 7) is 6.01. The second kappa shape index (κ2) is 7.30. The van der Waals surface area contributed by atoms with Crippen molar-refractivity contribution in [1.82, 2.24) is 0 Å². The van der Waals surface area contributed by atoms with Crippen LogP contribution in [0.5, 0.6) is 5.75 Å². The van der Waals surface area contributed by atoms with E-state index in [0.717, 1.165) is 30.4 Å². The zero-order chi connectivity index (χ0) is 16.1. The first-order valence-corrected chi connectivity index (χ1v) is 8.06. The Bertz CT molecular complexity index is 671. The maximum Gasteiger partial charge on any atom is 0.343 e. The van der Waals surface area contributed by atoms with Crippen LogP contribution >= 0.6 is 0 Å². The molecule has 0 fully saturated rings. The van der Waals surface area contributed by atoms with Gasteiger partial charge in [0, 0.05) is 17.9 Å². The third-order valence-corrected chi connectivity index (χ3v) is 4.09. The zero-order valence-electron chi connectivity index (χ0n) is 13.6. The molecular formula is C19H24O3. The van der Waals surface area contributed by atoms with Gasteiger partial charge >= 0.3 is 5.63 Å². The molecule has 1 heterocycles. The van der Waals surface area contributed by atoms with Crippen LogP contribution in [0.1, 0.15) is 62.0 Å². The Kier molecular flexibility index (Phi) is 5.42. The fourth-order valence-electron chi connectivity index (χ4n) is 3.01. The van der Waals surface area contributed by atoms with E-state index in [9.17, 15) is 9.90 Å². The van der Waals surface area contributed by atoms with E-state index in [-0.39, 0.29) is 11.7 Å². The van der Waals surface area contributed by atoms with Crippen molar-refractivity contribution in [2.75, 3.05) is 0 Å². The van der Waals surface area contributed by atoms with Crippen molar-refractivity contribution in [1.29, 1.82) is 0 Å². The van der Waals surface area contributed by atoms with E-state index in [1.165, 1.54) is 0 Å². The number of hydrogen-bond acceptors (Lipinski definition) is 3. The minimum atomic E-state index is -0.412. The van der Waals surface area contributed by atoms with Crippen LogP contribution in [0.15, 0.2) is 39.5 Å². The highest BCUT2D eigenvalue weighted by Gasteiger charge is 2.25. The second-order valence-corrected chi connectivity index (χ2v) is 5.53. The summed E-state index contributed by atoms with van der Waals surface area (Å²) in [6, 6.07) is 9.82. The Hall–Kier alpha value is -2.03. The molecule has 0 bridgehead atoms. The fraction of sp³-hybridized carbons (Fsp3) is 0.421. The smallest absolute Gasteiger partial charge is 0.343 e. The highest BCUT2D eigenvalue weighted by Crippen LogP contribution is 2.35. The number of aromatic hydroxyl groups is 1. The molecule has 2 aromatic rings. The van der Waals surface area contributed by atoms with Crippen LogP contribution in [0, 0.1) is 0 Å². The maximum absolute atomic E-state index is 12.4. The summed E-state index contributed by atoms with van der Waals surface area (Å²) >= 11 is 0. The van der Waals surface area contributed by atoms with Gasteiger partial charge in [0.05, 0.1) is 5.56 Å². The molecule has 0 radical (unpaired) electrons. The van der Waals surface area contributed by atoms with Crippen molar-refractivity contribution < 1.29 is 9.52 Å². The van der Waals surface area contributed by atoms with Crippen LogP contribution < -0.4 is 5.63 Å². The van der Waals surface area contributed by atoms with Crippen LogP contribution in [0.3, 0.4) is 0 Å². The second-order valence-electron chi connectivity index (χ2n) is 5.53. The Labute approximate surface area is 131 Å². The third-order valence-electron chi connectivity index (χ3n) is 4.09. The van der Waals surface area contributed by atoms with Crippen molar-refractivity contribution in [2.45, 2.75) is 52.4 Å². The Morgan fingerprint density at radius 1 is 1.14 bits per heavy atom. The summed E-state index contributed by atoms with van der Waals surface area (Å²) in [4.78, 5) is 12.4. The van der Waals surface area contributed by atoms with Gasteiger partial charge in [0.2, 0.25) is 0 Å². The van der Waals surface area contributed by atoms with Gasteiger partial charge in [-0.3, -0.25) is 0 Å². The molecule has 118 valence electrons. The van der Waals surface area contributed by atoms with Crippen LogP contribution in [0.2, 0.25) is 0 Å². The molecule has 0 aliphatic heterocycles. The largest absolute Gasteiger partial charge is 0.507 e. The molecule has 1 unspecified atom stereocenters. The van der Waals surface area contributed by atoms with Gasteiger partial charge in [0.15, 0.2) is 0 Å². The topological polar surface area (TPSA) is 50.4 Å². The number of aryl methyl sites for hydroxylation is 1. The minimum Gasteiger partial charge on any atom is -0.507 e. The fourth-order valence-corrected chi connectivity index (χ4v) is 3.01. The summed E-state index contributed by atoms with van der Waals surface area (Å²) in [5, 5.41) is 10.7. The first-order valence-electron chi connectivity index (χ1n) is 8.06. The van der Waals surface area contributed by atoms with Crippen LogP contribution in [-0.2, 0) is 12.8 Å². The first kappa shape index (κ1) is 16.3. The van der Waals surface area contributed by atoms with E-state index in [1.54, 1.807) is 0 Å². The van der Waals surface area contributed by atoms with E-state index >= 15 is 0 Å². The van der Waals surface area contributed by atoms with Crippen LogP contribution in [0.25, 0.3) is 0 Å². The van der Waals surface area contributed by atoms with Gasteiger partial charge in [-0.15, -0.1) is 0 Å². The Morgan fingerprint density at radius 2 is 1.82 bits per heavy atom. The molecule has 1 atom stereocenters. The average molecular weight is 300 g/mol. The van der Waals surface area contributed by atoms with E-state index in [1.807, 2.05) is 44.2 Å². The molecule has 1 aromatic carbocycles. The normalized spacial score (nSPS) is 12.3. The number of hydrogen-bond donors (Lipinski definition) is 1. The lowest BCUT2D eigenvalue weighted by Crippen LogP contribution is -2.16. The zero-order valence-corrected chi connectivity index (χ0v) is 13.6. The first-order chi connectivity index (χ1) is 10.6. The molecular weight excluding hydrogens is 276 g/mol. The van der Waals surface area contributed by atoms with Gasteiger partial charge in [-0.2, -0.15) is 0 Å². The maximum atomic E-state index is 12.4. The highest BCUT2D eigenvalue weighted by molar-refractivity contribution is 5.45. The van der Waals surface area contributed by atoms with Crippen molar-refractivity contribution in [3.63, 3.8) is 0 Å². The van der Waals surface area contributed by atoms with Gasteiger partial charge < -0.3 is 9.52 Å². The van der Waals surface area contributed by atoms with Gasteiger partial charge in [-0.05, 0) is 18.4 Å². The van der Waals surface area contributed by atoms with E-state index in [2.05, 4.69) is 6.92 Å². The van der Waals surface area contributed by atoms with Crippen LogP contribution in [0.4, 0.5) is 0 Å². The lowest BCUT2D eigenvalue weighted by molar-refractivity contribution is 0.397. The molecule has 0 amide bonds. The molecule has 3 nitrogen and oxygen atoms in total. The molecule has 3 heteroatoms. The van der Waals surface area contributed by atoms with Crippen molar-refractivity contribution in [3.05, 3.63) is 63.2 Å². The summed E-state index contributed by atoms with van der Waals surface area (Å²) in [7, 11) is 0. The SMILES string of the molecule is CCCc1c(CC)oc(=O)c(C(CC)c2ccccc2)c1O. The van der Waals surface area contributed by atoms with Crippen molar-refractivity contribution in [3.8, 4) is 5.75 Å². The minimum absolute atomic E-state index is 0.130. The monoisotopic (exact) mass is 300 g/mol. The van der Waals surface area contributed by atoms with Crippen molar-refractivity contribution in [2.24, 2.45) is 0 Å². The average Bonchev–Trinajstić information content (AvgIpc) is 2.54. The van der Waals surface area contributed by atoms with Crippen molar-refractivity contribution >= 4 is 0 Å². The molecule has 0 saturated carbocycles. The van der Waals surface area contributed by atoms with E-state index in [0.29, 0.717) is 17.7 Å². The predicted molar refractivity (Wildman–Crippen MR) is 88.6 cm³/mol. The third kappa shape index (κ3) is 3.08. The molecule has 0 aliphatic rings. The predicted octanol–water partition coefficient (Wildman–Crippen LogP) is 4.40. The molecule has 1 aromatic heterocycles. The molecule has 0 aliphatic carbocycles. The molecule has 2 rings (SSSR count).